The molecule has 0 spiro atoms. The van der Waals surface area contributed by atoms with Crippen molar-refractivity contribution >= 4 is 17.9 Å². The summed E-state index contributed by atoms with van der Waals surface area (Å²) in [5.74, 6) is -0.670. The standard InChI is InChI=1S/C12H12O4/c1-8(14)5-11(15)6-9-3-2-4-10(7-13)12(9)16/h2-4,7,16H,5-6H2,1H3. The second-order valence-corrected chi connectivity index (χ2v) is 3.57. The Kier molecular flexibility index (Phi) is 3.94. The van der Waals surface area contributed by atoms with Crippen LogP contribution in [0.3, 0.4) is 0 Å². The number of phenolic OH excluding ortho intramolecular Hbond substituents is 1. The lowest BCUT2D eigenvalue weighted by molar-refractivity contribution is -0.125. The third-order valence-electron chi connectivity index (χ3n) is 2.11. The maximum absolute atomic E-state index is 11.4. The van der Waals surface area contributed by atoms with E-state index in [1.807, 2.05) is 0 Å². The van der Waals surface area contributed by atoms with Crippen LogP contribution in [0.25, 0.3) is 0 Å². The molecule has 1 N–H and O–H groups in total. The molecule has 0 radical (unpaired) electrons. The SMILES string of the molecule is CC(=O)CC(=O)Cc1cccc(C=O)c1O. The van der Waals surface area contributed by atoms with Gasteiger partial charge in [-0.15, -0.1) is 0 Å². The number of phenols is 1. The molecule has 1 aromatic rings. The van der Waals surface area contributed by atoms with Gasteiger partial charge in [-0.3, -0.25) is 14.4 Å². The summed E-state index contributed by atoms with van der Waals surface area (Å²) in [6, 6.07) is 4.60. The average molecular weight is 220 g/mol. The van der Waals surface area contributed by atoms with E-state index in [2.05, 4.69) is 0 Å². The number of hydrogen-bond donors (Lipinski definition) is 1. The minimum atomic E-state index is -0.272. The van der Waals surface area contributed by atoms with Crippen molar-refractivity contribution in [2.45, 2.75) is 19.8 Å². The molecule has 84 valence electrons. The van der Waals surface area contributed by atoms with Crippen LogP contribution in [0.15, 0.2) is 18.2 Å². The zero-order valence-corrected chi connectivity index (χ0v) is 8.90. The van der Waals surface area contributed by atoms with Crippen molar-refractivity contribution in [1.29, 1.82) is 0 Å². The quantitative estimate of drug-likeness (QED) is 0.599. The summed E-state index contributed by atoms with van der Waals surface area (Å²) in [5, 5.41) is 9.60. The maximum atomic E-state index is 11.4. The lowest BCUT2D eigenvalue weighted by Crippen LogP contribution is -2.08. The number of aromatic hydroxyl groups is 1. The Hall–Kier alpha value is -1.97. The summed E-state index contributed by atoms with van der Waals surface area (Å²) >= 11 is 0. The summed E-state index contributed by atoms with van der Waals surface area (Å²) < 4.78 is 0. The number of hydrogen-bond acceptors (Lipinski definition) is 4. The van der Waals surface area contributed by atoms with E-state index in [9.17, 15) is 19.5 Å². The summed E-state index contributed by atoms with van der Waals surface area (Å²) in [6.07, 6.45) is 0.339. The van der Waals surface area contributed by atoms with Crippen molar-refractivity contribution in [3.63, 3.8) is 0 Å². The van der Waals surface area contributed by atoms with Crippen molar-refractivity contribution in [2.24, 2.45) is 0 Å². The van der Waals surface area contributed by atoms with Crippen LogP contribution in [-0.2, 0) is 16.0 Å². The van der Waals surface area contributed by atoms with E-state index < -0.39 is 0 Å². The molecule has 0 heterocycles. The lowest BCUT2D eigenvalue weighted by atomic mass is 10.0. The van der Waals surface area contributed by atoms with E-state index in [-0.39, 0.29) is 35.7 Å². The average Bonchev–Trinajstić information content (AvgIpc) is 2.20. The van der Waals surface area contributed by atoms with Gasteiger partial charge in [0.05, 0.1) is 12.0 Å². The Balaban J connectivity index is 2.85. The second kappa shape index (κ2) is 5.21. The van der Waals surface area contributed by atoms with Crippen LogP contribution in [-0.4, -0.2) is 23.0 Å². The number of rotatable bonds is 5. The molecular formula is C12H12O4. The molecule has 0 saturated heterocycles. The van der Waals surface area contributed by atoms with Crippen molar-refractivity contribution in [3.05, 3.63) is 29.3 Å². The van der Waals surface area contributed by atoms with Crippen LogP contribution in [0, 0.1) is 0 Å². The fraction of sp³-hybridized carbons (Fsp3) is 0.250. The summed E-state index contributed by atoms with van der Waals surface area (Å²) in [5.41, 5.74) is 0.518. The van der Waals surface area contributed by atoms with Crippen molar-refractivity contribution < 1.29 is 19.5 Å². The molecule has 0 amide bonds. The Morgan fingerprint density at radius 1 is 1.38 bits per heavy atom. The van der Waals surface area contributed by atoms with Gasteiger partial charge in [0, 0.05) is 12.0 Å². The third-order valence-corrected chi connectivity index (χ3v) is 2.11. The van der Waals surface area contributed by atoms with Gasteiger partial charge < -0.3 is 5.11 Å². The fourth-order valence-corrected chi connectivity index (χ4v) is 1.40. The first-order valence-corrected chi connectivity index (χ1v) is 4.81. The maximum Gasteiger partial charge on any atom is 0.153 e. The molecule has 0 aromatic heterocycles. The van der Waals surface area contributed by atoms with Crippen LogP contribution < -0.4 is 0 Å². The lowest BCUT2D eigenvalue weighted by Gasteiger charge is -2.04. The van der Waals surface area contributed by atoms with Gasteiger partial charge in [-0.05, 0) is 13.0 Å². The molecule has 0 aliphatic rings. The molecule has 0 aliphatic heterocycles. The van der Waals surface area contributed by atoms with Gasteiger partial charge in [0.25, 0.3) is 0 Å². The highest BCUT2D eigenvalue weighted by atomic mass is 16.3. The Labute approximate surface area is 92.9 Å². The van der Waals surface area contributed by atoms with Gasteiger partial charge in [0.1, 0.15) is 17.3 Å². The number of ketones is 2. The topological polar surface area (TPSA) is 71.4 Å². The van der Waals surface area contributed by atoms with E-state index in [1.54, 1.807) is 12.1 Å². The molecule has 0 saturated carbocycles. The van der Waals surface area contributed by atoms with Gasteiger partial charge in [0.2, 0.25) is 0 Å². The Bertz CT molecular complexity index is 435. The number of para-hydroxylation sites is 1. The molecule has 0 aliphatic carbocycles. The van der Waals surface area contributed by atoms with Gasteiger partial charge in [-0.25, -0.2) is 0 Å². The monoisotopic (exact) mass is 220 g/mol. The largest absolute Gasteiger partial charge is 0.507 e. The molecule has 0 atom stereocenters. The van der Waals surface area contributed by atoms with Gasteiger partial charge in [-0.1, -0.05) is 12.1 Å². The Morgan fingerprint density at radius 2 is 2.06 bits per heavy atom. The number of aldehydes is 1. The predicted molar refractivity (Wildman–Crippen MR) is 57.5 cm³/mol. The van der Waals surface area contributed by atoms with E-state index in [1.165, 1.54) is 13.0 Å². The molecular weight excluding hydrogens is 208 g/mol. The van der Waals surface area contributed by atoms with Crippen molar-refractivity contribution in [2.75, 3.05) is 0 Å². The summed E-state index contributed by atoms with van der Waals surface area (Å²) in [7, 11) is 0. The van der Waals surface area contributed by atoms with Crippen LogP contribution in [0.4, 0.5) is 0 Å². The Morgan fingerprint density at radius 3 is 2.62 bits per heavy atom. The first kappa shape index (κ1) is 12.1. The fourth-order valence-electron chi connectivity index (χ4n) is 1.40. The molecule has 16 heavy (non-hydrogen) atoms. The molecule has 1 aromatic carbocycles. The van der Waals surface area contributed by atoms with Gasteiger partial charge in [0.15, 0.2) is 6.29 Å². The van der Waals surface area contributed by atoms with Gasteiger partial charge >= 0.3 is 0 Å². The van der Waals surface area contributed by atoms with Crippen molar-refractivity contribution in [1.82, 2.24) is 0 Å². The molecule has 0 fully saturated rings. The zero-order chi connectivity index (χ0) is 12.1. The van der Waals surface area contributed by atoms with Crippen LogP contribution in [0.1, 0.15) is 29.3 Å². The first-order chi connectivity index (χ1) is 7.54. The number of benzene rings is 1. The highest BCUT2D eigenvalue weighted by molar-refractivity contribution is 5.99. The van der Waals surface area contributed by atoms with Crippen LogP contribution >= 0.6 is 0 Å². The van der Waals surface area contributed by atoms with Crippen LogP contribution in [0.2, 0.25) is 0 Å². The predicted octanol–water partition coefficient (Wildman–Crippen LogP) is 1.30. The zero-order valence-electron chi connectivity index (χ0n) is 8.90. The second-order valence-electron chi connectivity index (χ2n) is 3.57. The first-order valence-electron chi connectivity index (χ1n) is 4.81. The summed E-state index contributed by atoms with van der Waals surface area (Å²) in [4.78, 5) is 32.6. The number of Topliss-reactive ketones (excluding diaryl/α,β-unsaturated/α-hetero) is 2. The summed E-state index contributed by atoms with van der Waals surface area (Å²) in [6.45, 7) is 1.33. The minimum absolute atomic E-state index is 0.0346. The molecule has 4 heteroatoms. The molecule has 4 nitrogen and oxygen atoms in total. The molecule has 0 bridgehead atoms. The van der Waals surface area contributed by atoms with E-state index >= 15 is 0 Å². The highest BCUT2D eigenvalue weighted by Crippen LogP contribution is 2.21. The number of carbonyl (C=O) groups excluding carboxylic acids is 3. The van der Waals surface area contributed by atoms with E-state index in [0.717, 1.165) is 0 Å². The normalized spacial score (nSPS) is 9.81. The molecule has 0 unspecified atom stereocenters. The van der Waals surface area contributed by atoms with Gasteiger partial charge in [-0.2, -0.15) is 0 Å². The molecule has 1 rings (SSSR count). The van der Waals surface area contributed by atoms with E-state index in [4.69, 9.17) is 0 Å². The highest BCUT2D eigenvalue weighted by Gasteiger charge is 2.11. The van der Waals surface area contributed by atoms with Crippen LogP contribution in [0.5, 0.6) is 5.75 Å². The number of carbonyl (C=O) groups is 3. The smallest absolute Gasteiger partial charge is 0.153 e. The third kappa shape index (κ3) is 3.02. The van der Waals surface area contributed by atoms with Crippen molar-refractivity contribution in [3.8, 4) is 5.75 Å². The van der Waals surface area contributed by atoms with E-state index in [0.29, 0.717) is 11.8 Å². The minimum Gasteiger partial charge on any atom is -0.507 e.